The summed E-state index contributed by atoms with van der Waals surface area (Å²) >= 11 is 0. The largest absolute Gasteiger partial charge is 0.342 e. The zero-order chi connectivity index (χ0) is 15.0. The Morgan fingerprint density at radius 1 is 1.38 bits per heavy atom. The number of hydrogen-bond donors (Lipinski definition) is 1. The molecule has 0 atom stereocenters. The number of piperazine rings is 1. The fourth-order valence-electron chi connectivity index (χ4n) is 2.94. The molecule has 2 aliphatic rings. The van der Waals surface area contributed by atoms with Crippen molar-refractivity contribution in [1.29, 1.82) is 0 Å². The molecule has 1 N–H and O–H groups in total. The molecular weight excluding hydrogens is 264 g/mol. The lowest BCUT2D eigenvalue weighted by atomic mass is 9.97. The van der Waals surface area contributed by atoms with E-state index in [0.717, 1.165) is 25.5 Å². The topological polar surface area (TPSA) is 48.5 Å². The minimum Gasteiger partial charge on any atom is -0.342 e. The molecule has 3 rings (SSSR count). The number of likely N-dealkylation sites (N-methyl/N-ethyl adjacent to an activating group) is 1. The van der Waals surface area contributed by atoms with Crippen LogP contribution in [0, 0.1) is 0 Å². The quantitative estimate of drug-likeness (QED) is 0.909. The van der Waals surface area contributed by atoms with Crippen molar-refractivity contribution in [3.8, 4) is 0 Å². The second-order valence-corrected chi connectivity index (χ2v) is 6.58. The van der Waals surface area contributed by atoms with E-state index < -0.39 is 5.54 Å². The maximum atomic E-state index is 12.5. The SMILES string of the molecule is CN1CCN(c2ncccc2CNC2CC2)C(C)(C)C1=O. The number of rotatable bonds is 4. The molecule has 0 aromatic carbocycles. The Kier molecular flexibility index (Phi) is 3.61. The van der Waals surface area contributed by atoms with Crippen molar-refractivity contribution in [3.63, 3.8) is 0 Å². The fourth-order valence-corrected chi connectivity index (χ4v) is 2.94. The lowest BCUT2D eigenvalue weighted by Crippen LogP contribution is -2.62. The van der Waals surface area contributed by atoms with Gasteiger partial charge in [-0.1, -0.05) is 6.07 Å². The summed E-state index contributed by atoms with van der Waals surface area (Å²) in [6.45, 7) is 6.36. The van der Waals surface area contributed by atoms with Gasteiger partial charge < -0.3 is 15.1 Å². The van der Waals surface area contributed by atoms with Crippen molar-refractivity contribution < 1.29 is 4.79 Å². The first-order valence-electron chi connectivity index (χ1n) is 7.70. The Labute approximate surface area is 126 Å². The van der Waals surface area contributed by atoms with Gasteiger partial charge in [-0.15, -0.1) is 0 Å². The smallest absolute Gasteiger partial charge is 0.247 e. The lowest BCUT2D eigenvalue weighted by molar-refractivity contribution is -0.136. The summed E-state index contributed by atoms with van der Waals surface area (Å²) in [5.74, 6) is 1.10. The average molecular weight is 288 g/mol. The molecule has 21 heavy (non-hydrogen) atoms. The van der Waals surface area contributed by atoms with E-state index in [4.69, 9.17) is 0 Å². The van der Waals surface area contributed by atoms with E-state index in [1.807, 2.05) is 38.1 Å². The summed E-state index contributed by atoms with van der Waals surface area (Å²) in [7, 11) is 1.87. The number of amides is 1. The molecule has 0 spiro atoms. The molecular formula is C16H24N4O. The van der Waals surface area contributed by atoms with E-state index >= 15 is 0 Å². The third kappa shape index (κ3) is 2.75. The number of nitrogens with zero attached hydrogens (tertiary/aromatic N) is 3. The van der Waals surface area contributed by atoms with Gasteiger partial charge in [0.25, 0.3) is 0 Å². The highest BCUT2D eigenvalue weighted by Gasteiger charge is 2.41. The molecule has 5 nitrogen and oxygen atoms in total. The summed E-state index contributed by atoms with van der Waals surface area (Å²) in [4.78, 5) is 21.0. The Hall–Kier alpha value is -1.62. The van der Waals surface area contributed by atoms with Gasteiger partial charge in [0.05, 0.1) is 0 Å². The second kappa shape index (κ2) is 5.30. The molecule has 1 saturated heterocycles. The van der Waals surface area contributed by atoms with Crippen molar-refractivity contribution in [2.75, 3.05) is 25.0 Å². The van der Waals surface area contributed by atoms with Gasteiger partial charge in [-0.05, 0) is 32.8 Å². The van der Waals surface area contributed by atoms with Crippen LogP contribution in [-0.4, -0.2) is 47.5 Å². The summed E-state index contributed by atoms with van der Waals surface area (Å²) < 4.78 is 0. The number of hydrogen-bond acceptors (Lipinski definition) is 4. The van der Waals surface area contributed by atoms with Gasteiger partial charge >= 0.3 is 0 Å². The van der Waals surface area contributed by atoms with Crippen LogP contribution in [0.2, 0.25) is 0 Å². The fraction of sp³-hybridized carbons (Fsp3) is 0.625. The Balaban J connectivity index is 1.86. The van der Waals surface area contributed by atoms with Gasteiger partial charge in [0.1, 0.15) is 11.4 Å². The van der Waals surface area contributed by atoms with E-state index in [2.05, 4.69) is 21.3 Å². The minimum atomic E-state index is -0.546. The van der Waals surface area contributed by atoms with E-state index in [-0.39, 0.29) is 5.91 Å². The van der Waals surface area contributed by atoms with Crippen LogP contribution in [0.15, 0.2) is 18.3 Å². The summed E-state index contributed by atoms with van der Waals surface area (Å²) in [6.07, 6.45) is 4.36. The molecule has 2 heterocycles. The summed E-state index contributed by atoms with van der Waals surface area (Å²) in [6, 6.07) is 4.75. The average Bonchev–Trinajstić information content (AvgIpc) is 3.28. The van der Waals surface area contributed by atoms with E-state index in [1.165, 1.54) is 18.4 Å². The van der Waals surface area contributed by atoms with Crippen LogP contribution in [0.5, 0.6) is 0 Å². The highest BCUT2D eigenvalue weighted by molar-refractivity contribution is 5.90. The van der Waals surface area contributed by atoms with E-state index in [9.17, 15) is 4.79 Å². The summed E-state index contributed by atoms with van der Waals surface area (Å²) in [5.41, 5.74) is 0.630. The number of carbonyl (C=O) groups excluding carboxylic acids is 1. The number of carbonyl (C=O) groups is 1. The molecule has 1 aromatic heterocycles. The highest BCUT2D eigenvalue weighted by atomic mass is 16.2. The number of anilines is 1. The van der Waals surface area contributed by atoms with Crippen LogP contribution >= 0.6 is 0 Å². The molecule has 1 aliphatic carbocycles. The molecule has 0 radical (unpaired) electrons. The Morgan fingerprint density at radius 3 is 2.86 bits per heavy atom. The van der Waals surface area contributed by atoms with Gasteiger partial charge in [0, 0.05) is 44.5 Å². The molecule has 0 bridgehead atoms. The minimum absolute atomic E-state index is 0.153. The van der Waals surface area contributed by atoms with Gasteiger partial charge in [0.2, 0.25) is 5.91 Å². The first-order chi connectivity index (χ1) is 10.00. The van der Waals surface area contributed by atoms with Crippen molar-refractivity contribution >= 4 is 11.7 Å². The molecule has 114 valence electrons. The maximum absolute atomic E-state index is 12.5. The molecule has 2 fully saturated rings. The lowest BCUT2D eigenvalue weighted by Gasteiger charge is -2.46. The normalized spacial score (nSPS) is 21.8. The molecule has 1 amide bonds. The van der Waals surface area contributed by atoms with Gasteiger partial charge in [-0.25, -0.2) is 4.98 Å². The van der Waals surface area contributed by atoms with Crippen molar-refractivity contribution in [1.82, 2.24) is 15.2 Å². The number of aromatic nitrogens is 1. The number of nitrogens with one attached hydrogen (secondary N) is 1. The van der Waals surface area contributed by atoms with Crippen LogP contribution in [0.25, 0.3) is 0 Å². The van der Waals surface area contributed by atoms with Gasteiger partial charge in [-0.2, -0.15) is 0 Å². The standard InChI is InChI=1S/C16H24N4O/c1-16(2)15(21)19(3)9-10-20(16)14-12(5-4-8-17-14)11-18-13-6-7-13/h4-5,8,13,18H,6-7,9-11H2,1-3H3. The highest BCUT2D eigenvalue weighted by Crippen LogP contribution is 2.30. The predicted octanol–water partition coefficient (Wildman–Crippen LogP) is 1.39. The monoisotopic (exact) mass is 288 g/mol. The Bertz CT molecular complexity index is 539. The van der Waals surface area contributed by atoms with Crippen molar-refractivity contribution in [2.24, 2.45) is 0 Å². The molecule has 0 unspecified atom stereocenters. The number of pyridine rings is 1. The van der Waals surface area contributed by atoms with Crippen LogP contribution < -0.4 is 10.2 Å². The van der Waals surface area contributed by atoms with Crippen molar-refractivity contribution in [2.45, 2.75) is 44.8 Å². The molecule has 5 heteroatoms. The maximum Gasteiger partial charge on any atom is 0.247 e. The van der Waals surface area contributed by atoms with Crippen LogP contribution in [-0.2, 0) is 11.3 Å². The van der Waals surface area contributed by atoms with Gasteiger partial charge in [0.15, 0.2) is 0 Å². The van der Waals surface area contributed by atoms with Crippen LogP contribution in [0.3, 0.4) is 0 Å². The molecule has 1 aromatic rings. The predicted molar refractivity (Wildman–Crippen MR) is 83.2 cm³/mol. The molecule has 1 saturated carbocycles. The zero-order valence-electron chi connectivity index (χ0n) is 13.1. The molecule has 1 aliphatic heterocycles. The van der Waals surface area contributed by atoms with Crippen LogP contribution in [0.1, 0.15) is 32.3 Å². The third-order valence-electron chi connectivity index (χ3n) is 4.49. The summed E-state index contributed by atoms with van der Waals surface area (Å²) in [5, 5.41) is 3.54. The first-order valence-corrected chi connectivity index (χ1v) is 7.70. The van der Waals surface area contributed by atoms with E-state index in [0.29, 0.717) is 6.04 Å². The van der Waals surface area contributed by atoms with Crippen LogP contribution in [0.4, 0.5) is 5.82 Å². The van der Waals surface area contributed by atoms with E-state index in [1.54, 1.807) is 0 Å². The third-order valence-corrected chi connectivity index (χ3v) is 4.49. The van der Waals surface area contributed by atoms with Crippen molar-refractivity contribution in [3.05, 3.63) is 23.9 Å². The van der Waals surface area contributed by atoms with Gasteiger partial charge in [-0.3, -0.25) is 4.79 Å². The second-order valence-electron chi connectivity index (χ2n) is 6.58. The first kappa shape index (κ1) is 14.3. The zero-order valence-corrected chi connectivity index (χ0v) is 13.1. The Morgan fingerprint density at radius 2 is 2.14 bits per heavy atom.